The van der Waals surface area contributed by atoms with Crippen LogP contribution in [0.2, 0.25) is 0 Å². The summed E-state index contributed by atoms with van der Waals surface area (Å²) in [5, 5.41) is 15.2. The number of nitrogens with one attached hydrogen (secondary N) is 2. The van der Waals surface area contributed by atoms with Crippen LogP contribution in [-0.4, -0.2) is 46.5 Å². The maximum atomic E-state index is 5.69. The Balaban J connectivity index is 0.00000338. The largest absolute Gasteiger partial charge is 0.381 e. The van der Waals surface area contributed by atoms with Crippen molar-refractivity contribution in [2.24, 2.45) is 17.5 Å². The lowest BCUT2D eigenvalue weighted by Gasteiger charge is -2.55. The zero-order valence-corrected chi connectivity index (χ0v) is 18.9. The van der Waals surface area contributed by atoms with E-state index in [-0.39, 0.29) is 29.4 Å². The number of nitrogens with zero attached hydrogens (tertiary/aromatic N) is 4. The Bertz CT molecular complexity index is 611. The molecule has 1 saturated carbocycles. The van der Waals surface area contributed by atoms with Crippen molar-refractivity contribution < 1.29 is 4.74 Å². The molecule has 0 aromatic carbocycles. The van der Waals surface area contributed by atoms with Crippen molar-refractivity contribution in [2.75, 3.05) is 13.7 Å². The summed E-state index contributed by atoms with van der Waals surface area (Å²) >= 11 is 0. The van der Waals surface area contributed by atoms with Crippen molar-refractivity contribution in [3.05, 3.63) is 24.3 Å². The molecule has 1 heterocycles. The zero-order valence-electron chi connectivity index (χ0n) is 16.6. The Hall–Kier alpha value is -1.16. The standard InChI is InChI=1S/C18H32N6O.HI/c1-7-10-19-17(20-12-16-23-22-13(4)24(16)5)21-14-11-15(25-6)18(14,8-2)9-3;/h7,14-15H,1,8-12H2,2-6H3,(H2,19,20,21);1H. The minimum absolute atomic E-state index is 0. The summed E-state index contributed by atoms with van der Waals surface area (Å²) in [7, 11) is 3.76. The average molecular weight is 476 g/mol. The van der Waals surface area contributed by atoms with Crippen LogP contribution >= 0.6 is 24.0 Å². The smallest absolute Gasteiger partial charge is 0.192 e. The lowest BCUT2D eigenvalue weighted by Crippen LogP contribution is -2.65. The Morgan fingerprint density at radius 1 is 1.42 bits per heavy atom. The van der Waals surface area contributed by atoms with Gasteiger partial charge in [0.1, 0.15) is 12.4 Å². The van der Waals surface area contributed by atoms with E-state index in [1.165, 1.54) is 0 Å². The molecule has 0 bridgehead atoms. The highest BCUT2D eigenvalue weighted by Crippen LogP contribution is 2.48. The van der Waals surface area contributed by atoms with Gasteiger partial charge in [-0.1, -0.05) is 19.9 Å². The molecule has 26 heavy (non-hydrogen) atoms. The number of rotatable bonds is 8. The predicted octanol–water partition coefficient (Wildman–Crippen LogP) is 2.56. The predicted molar refractivity (Wildman–Crippen MR) is 116 cm³/mol. The summed E-state index contributed by atoms with van der Waals surface area (Å²) in [6.45, 7) is 11.3. The van der Waals surface area contributed by atoms with Crippen molar-refractivity contribution in [3.8, 4) is 0 Å². The Morgan fingerprint density at radius 3 is 2.62 bits per heavy atom. The number of guanidine groups is 1. The molecule has 0 radical (unpaired) electrons. The highest BCUT2D eigenvalue weighted by Gasteiger charge is 2.53. The number of aryl methyl sites for hydroxylation is 1. The van der Waals surface area contributed by atoms with Crippen LogP contribution in [0.15, 0.2) is 17.6 Å². The Morgan fingerprint density at radius 2 is 2.12 bits per heavy atom. The molecule has 7 nitrogen and oxygen atoms in total. The molecule has 8 heteroatoms. The Labute approximate surface area is 174 Å². The highest BCUT2D eigenvalue weighted by molar-refractivity contribution is 14.0. The van der Waals surface area contributed by atoms with Gasteiger partial charge in [0.2, 0.25) is 0 Å². The summed E-state index contributed by atoms with van der Waals surface area (Å²) in [6, 6.07) is 0.352. The lowest BCUT2D eigenvalue weighted by atomic mass is 9.58. The van der Waals surface area contributed by atoms with Crippen LogP contribution in [0.25, 0.3) is 0 Å². The molecule has 2 rings (SSSR count). The van der Waals surface area contributed by atoms with E-state index in [2.05, 4.69) is 41.3 Å². The number of halogens is 1. The minimum atomic E-state index is 0. The molecule has 0 amide bonds. The second-order valence-electron chi connectivity index (χ2n) is 6.65. The van der Waals surface area contributed by atoms with Crippen molar-refractivity contribution in [1.29, 1.82) is 0 Å². The van der Waals surface area contributed by atoms with Gasteiger partial charge in [0.15, 0.2) is 11.8 Å². The molecule has 2 unspecified atom stereocenters. The molecular formula is C18H33IN6O. The Kier molecular flexibility index (Phi) is 9.02. The molecule has 0 saturated heterocycles. The third-order valence-corrected chi connectivity index (χ3v) is 5.67. The van der Waals surface area contributed by atoms with E-state index in [4.69, 9.17) is 9.73 Å². The number of aliphatic imine (C=N–C) groups is 1. The first kappa shape index (κ1) is 22.9. The van der Waals surface area contributed by atoms with Gasteiger partial charge in [-0.3, -0.25) is 0 Å². The van der Waals surface area contributed by atoms with Gasteiger partial charge in [0.05, 0.1) is 6.10 Å². The molecule has 2 atom stereocenters. The van der Waals surface area contributed by atoms with Crippen LogP contribution in [0.1, 0.15) is 44.8 Å². The van der Waals surface area contributed by atoms with Gasteiger partial charge in [0, 0.05) is 32.2 Å². The quantitative estimate of drug-likeness (QED) is 0.261. The molecule has 1 aliphatic carbocycles. The number of methoxy groups -OCH3 is 1. The normalized spacial score (nSPS) is 21.5. The molecule has 1 aliphatic rings. The summed E-state index contributed by atoms with van der Waals surface area (Å²) in [4.78, 5) is 4.69. The minimum Gasteiger partial charge on any atom is -0.381 e. The van der Waals surface area contributed by atoms with E-state index in [0.717, 1.165) is 36.9 Å². The summed E-state index contributed by atoms with van der Waals surface area (Å²) in [5.74, 6) is 2.51. The van der Waals surface area contributed by atoms with Crippen molar-refractivity contribution in [2.45, 2.75) is 58.7 Å². The van der Waals surface area contributed by atoms with Gasteiger partial charge in [-0.2, -0.15) is 0 Å². The van der Waals surface area contributed by atoms with Gasteiger partial charge in [-0.15, -0.1) is 40.8 Å². The first-order valence-corrected chi connectivity index (χ1v) is 9.05. The van der Waals surface area contributed by atoms with E-state index < -0.39 is 0 Å². The third-order valence-electron chi connectivity index (χ3n) is 5.67. The molecule has 148 valence electrons. The molecule has 1 aromatic rings. The molecular weight excluding hydrogens is 443 g/mol. The number of aromatic nitrogens is 3. The number of ether oxygens (including phenoxy) is 1. The van der Waals surface area contributed by atoms with Crippen molar-refractivity contribution in [1.82, 2.24) is 25.4 Å². The number of hydrogen-bond acceptors (Lipinski definition) is 4. The summed E-state index contributed by atoms with van der Waals surface area (Å²) in [5.41, 5.74) is 0.159. The summed E-state index contributed by atoms with van der Waals surface area (Å²) in [6.07, 6.45) is 5.29. The first-order chi connectivity index (χ1) is 12.0. The van der Waals surface area contributed by atoms with E-state index in [1.54, 1.807) is 0 Å². The third kappa shape index (κ3) is 4.57. The molecule has 0 aliphatic heterocycles. The fourth-order valence-corrected chi connectivity index (χ4v) is 3.70. The second-order valence-corrected chi connectivity index (χ2v) is 6.65. The highest BCUT2D eigenvalue weighted by atomic mass is 127. The van der Waals surface area contributed by atoms with Crippen LogP contribution in [0.4, 0.5) is 0 Å². The zero-order chi connectivity index (χ0) is 18.4. The lowest BCUT2D eigenvalue weighted by molar-refractivity contribution is -0.118. The van der Waals surface area contributed by atoms with Crippen molar-refractivity contribution >= 4 is 29.9 Å². The molecule has 2 N–H and O–H groups in total. The maximum absolute atomic E-state index is 5.69. The van der Waals surface area contributed by atoms with Gasteiger partial charge < -0.3 is 19.9 Å². The SMILES string of the molecule is C=CCNC(=NCc1nnc(C)n1C)NC1CC(OC)C1(CC)CC.I. The van der Waals surface area contributed by atoms with E-state index in [0.29, 0.717) is 25.2 Å². The fourth-order valence-electron chi connectivity index (χ4n) is 3.70. The topological polar surface area (TPSA) is 76.4 Å². The van der Waals surface area contributed by atoms with Crippen LogP contribution in [-0.2, 0) is 18.3 Å². The van der Waals surface area contributed by atoms with Gasteiger partial charge in [-0.25, -0.2) is 4.99 Å². The van der Waals surface area contributed by atoms with E-state index in [1.807, 2.05) is 31.7 Å². The molecule has 1 fully saturated rings. The van der Waals surface area contributed by atoms with Crippen LogP contribution in [0.5, 0.6) is 0 Å². The van der Waals surface area contributed by atoms with Gasteiger partial charge in [-0.05, 0) is 26.2 Å². The monoisotopic (exact) mass is 476 g/mol. The van der Waals surface area contributed by atoms with Crippen LogP contribution < -0.4 is 10.6 Å². The second kappa shape index (κ2) is 10.2. The molecule has 1 aromatic heterocycles. The van der Waals surface area contributed by atoms with E-state index >= 15 is 0 Å². The maximum Gasteiger partial charge on any atom is 0.192 e. The number of hydrogen-bond donors (Lipinski definition) is 2. The fraction of sp³-hybridized carbons (Fsp3) is 0.722. The average Bonchev–Trinajstić information content (AvgIpc) is 2.93. The van der Waals surface area contributed by atoms with E-state index in [9.17, 15) is 0 Å². The van der Waals surface area contributed by atoms with Gasteiger partial charge >= 0.3 is 0 Å². The van der Waals surface area contributed by atoms with Crippen molar-refractivity contribution in [3.63, 3.8) is 0 Å². The first-order valence-electron chi connectivity index (χ1n) is 9.05. The van der Waals surface area contributed by atoms with Crippen LogP contribution in [0.3, 0.4) is 0 Å². The van der Waals surface area contributed by atoms with Gasteiger partial charge in [0.25, 0.3) is 0 Å². The van der Waals surface area contributed by atoms with Crippen LogP contribution in [0, 0.1) is 12.3 Å². The molecule has 0 spiro atoms. The summed E-state index contributed by atoms with van der Waals surface area (Å²) < 4.78 is 7.65.